The molecule has 3 heteroatoms. The summed E-state index contributed by atoms with van der Waals surface area (Å²) in [5.41, 5.74) is 2.61. The SMILES string of the molecule is CC(O)c1nccc(-c2ccccc2)c1C=O. The highest BCUT2D eigenvalue weighted by Crippen LogP contribution is 2.26. The Labute approximate surface area is 99.8 Å². The van der Waals surface area contributed by atoms with E-state index in [0.717, 1.165) is 17.4 Å². The molecule has 1 N–H and O–H groups in total. The third-order valence-corrected chi connectivity index (χ3v) is 2.62. The van der Waals surface area contributed by atoms with E-state index in [2.05, 4.69) is 4.98 Å². The maximum Gasteiger partial charge on any atom is 0.152 e. The van der Waals surface area contributed by atoms with Gasteiger partial charge in [-0.1, -0.05) is 30.3 Å². The number of carbonyl (C=O) groups is 1. The van der Waals surface area contributed by atoms with Crippen LogP contribution in [-0.2, 0) is 0 Å². The number of aliphatic hydroxyl groups excluding tert-OH is 1. The second kappa shape index (κ2) is 4.89. The summed E-state index contributed by atoms with van der Waals surface area (Å²) in [6.07, 6.45) is 1.60. The number of rotatable bonds is 3. The van der Waals surface area contributed by atoms with Gasteiger partial charge in [0.05, 0.1) is 11.8 Å². The van der Waals surface area contributed by atoms with E-state index in [0.29, 0.717) is 11.3 Å². The van der Waals surface area contributed by atoms with Gasteiger partial charge in [-0.05, 0) is 24.1 Å². The van der Waals surface area contributed by atoms with Gasteiger partial charge >= 0.3 is 0 Å². The van der Waals surface area contributed by atoms with Crippen LogP contribution in [0.5, 0.6) is 0 Å². The molecule has 2 aromatic rings. The van der Waals surface area contributed by atoms with Gasteiger partial charge in [0.15, 0.2) is 6.29 Å². The minimum atomic E-state index is -0.751. The molecule has 0 saturated carbocycles. The fraction of sp³-hybridized carbons (Fsp3) is 0.143. The van der Waals surface area contributed by atoms with E-state index >= 15 is 0 Å². The van der Waals surface area contributed by atoms with Crippen molar-refractivity contribution in [2.75, 3.05) is 0 Å². The Morgan fingerprint density at radius 3 is 2.53 bits per heavy atom. The monoisotopic (exact) mass is 227 g/mol. The lowest BCUT2D eigenvalue weighted by atomic mass is 9.98. The van der Waals surface area contributed by atoms with Crippen LogP contribution in [0.3, 0.4) is 0 Å². The molecule has 0 aliphatic carbocycles. The summed E-state index contributed by atoms with van der Waals surface area (Å²) < 4.78 is 0. The second-order valence-electron chi connectivity index (χ2n) is 3.82. The summed E-state index contributed by atoms with van der Waals surface area (Å²) in [6.45, 7) is 1.60. The average Bonchev–Trinajstić information content (AvgIpc) is 2.38. The summed E-state index contributed by atoms with van der Waals surface area (Å²) >= 11 is 0. The molecule has 0 radical (unpaired) electrons. The van der Waals surface area contributed by atoms with E-state index < -0.39 is 6.10 Å². The van der Waals surface area contributed by atoms with Gasteiger partial charge < -0.3 is 5.11 Å². The molecule has 2 rings (SSSR count). The van der Waals surface area contributed by atoms with Gasteiger partial charge in [-0.15, -0.1) is 0 Å². The minimum Gasteiger partial charge on any atom is -0.387 e. The lowest BCUT2D eigenvalue weighted by molar-refractivity contribution is 0.111. The molecule has 0 bridgehead atoms. The topological polar surface area (TPSA) is 50.2 Å². The molecule has 1 aromatic heterocycles. The minimum absolute atomic E-state index is 0.418. The predicted octanol–water partition coefficient (Wildman–Crippen LogP) is 2.61. The second-order valence-corrected chi connectivity index (χ2v) is 3.82. The van der Waals surface area contributed by atoms with Gasteiger partial charge in [0.2, 0.25) is 0 Å². The van der Waals surface area contributed by atoms with Crippen LogP contribution < -0.4 is 0 Å². The maximum atomic E-state index is 11.2. The molecule has 0 spiro atoms. The number of nitrogens with zero attached hydrogens (tertiary/aromatic N) is 1. The average molecular weight is 227 g/mol. The molecule has 0 aliphatic rings. The Bertz CT molecular complexity index is 521. The molecule has 1 atom stereocenters. The molecule has 1 unspecified atom stereocenters. The first kappa shape index (κ1) is 11.5. The number of benzene rings is 1. The number of hydrogen-bond donors (Lipinski definition) is 1. The normalized spacial score (nSPS) is 12.1. The van der Waals surface area contributed by atoms with Crippen molar-refractivity contribution in [1.29, 1.82) is 0 Å². The number of aliphatic hydroxyl groups is 1. The molecule has 86 valence electrons. The van der Waals surface area contributed by atoms with Crippen LogP contribution in [-0.4, -0.2) is 16.4 Å². The highest BCUT2D eigenvalue weighted by Gasteiger charge is 2.13. The summed E-state index contributed by atoms with van der Waals surface area (Å²) in [5, 5.41) is 9.59. The van der Waals surface area contributed by atoms with E-state index in [4.69, 9.17) is 0 Å². The van der Waals surface area contributed by atoms with Crippen molar-refractivity contribution in [2.24, 2.45) is 0 Å². The van der Waals surface area contributed by atoms with Crippen LogP contribution in [0.1, 0.15) is 29.1 Å². The highest BCUT2D eigenvalue weighted by molar-refractivity contribution is 5.88. The summed E-state index contributed by atoms with van der Waals surface area (Å²) in [5.74, 6) is 0. The third kappa shape index (κ3) is 2.24. The van der Waals surface area contributed by atoms with Crippen molar-refractivity contribution in [3.8, 4) is 11.1 Å². The molecule has 1 aromatic carbocycles. The van der Waals surface area contributed by atoms with Crippen molar-refractivity contribution in [3.05, 3.63) is 53.9 Å². The first-order chi connectivity index (χ1) is 8.24. The smallest absolute Gasteiger partial charge is 0.152 e. The number of pyridine rings is 1. The standard InChI is InChI=1S/C14H13NO2/c1-10(17)14-13(9-16)12(7-8-15-14)11-5-3-2-4-6-11/h2-10,17H,1H3. The Hall–Kier alpha value is -2.00. The summed E-state index contributed by atoms with van der Waals surface area (Å²) in [6, 6.07) is 11.4. The molecular formula is C14H13NO2. The van der Waals surface area contributed by atoms with Crippen LogP contribution in [0.4, 0.5) is 0 Å². The molecule has 17 heavy (non-hydrogen) atoms. The maximum absolute atomic E-state index is 11.2. The Morgan fingerprint density at radius 2 is 1.94 bits per heavy atom. The number of carbonyl (C=O) groups excluding carboxylic acids is 1. The van der Waals surface area contributed by atoms with Gasteiger partial charge in [0.1, 0.15) is 0 Å². The van der Waals surface area contributed by atoms with Crippen molar-refractivity contribution in [3.63, 3.8) is 0 Å². The quantitative estimate of drug-likeness (QED) is 0.820. The van der Waals surface area contributed by atoms with Gasteiger partial charge in [-0.25, -0.2) is 0 Å². The first-order valence-electron chi connectivity index (χ1n) is 5.41. The molecule has 0 aliphatic heterocycles. The molecule has 1 heterocycles. The van der Waals surface area contributed by atoms with E-state index in [1.54, 1.807) is 19.2 Å². The molecule has 0 amide bonds. The Balaban J connectivity index is 2.63. The summed E-state index contributed by atoms with van der Waals surface area (Å²) in [7, 11) is 0. The zero-order chi connectivity index (χ0) is 12.3. The summed E-state index contributed by atoms with van der Waals surface area (Å²) in [4.78, 5) is 15.2. The van der Waals surface area contributed by atoms with Gasteiger partial charge in [0.25, 0.3) is 0 Å². The van der Waals surface area contributed by atoms with Crippen LogP contribution in [0.15, 0.2) is 42.6 Å². The van der Waals surface area contributed by atoms with E-state index in [1.165, 1.54) is 0 Å². The largest absolute Gasteiger partial charge is 0.387 e. The lowest BCUT2D eigenvalue weighted by Gasteiger charge is -2.11. The fourth-order valence-electron chi connectivity index (χ4n) is 1.82. The molecule has 3 nitrogen and oxygen atoms in total. The van der Waals surface area contributed by atoms with E-state index in [9.17, 15) is 9.90 Å². The number of aromatic nitrogens is 1. The third-order valence-electron chi connectivity index (χ3n) is 2.62. The lowest BCUT2D eigenvalue weighted by Crippen LogP contribution is -2.03. The predicted molar refractivity (Wildman–Crippen MR) is 65.7 cm³/mol. The van der Waals surface area contributed by atoms with Crippen LogP contribution in [0, 0.1) is 0 Å². The van der Waals surface area contributed by atoms with E-state index in [1.807, 2.05) is 30.3 Å². The van der Waals surface area contributed by atoms with Crippen molar-refractivity contribution >= 4 is 6.29 Å². The van der Waals surface area contributed by atoms with Crippen LogP contribution >= 0.6 is 0 Å². The van der Waals surface area contributed by atoms with Crippen LogP contribution in [0.2, 0.25) is 0 Å². The molecular weight excluding hydrogens is 214 g/mol. The van der Waals surface area contributed by atoms with Gasteiger partial charge in [-0.3, -0.25) is 9.78 Å². The molecule has 0 fully saturated rings. The number of hydrogen-bond acceptors (Lipinski definition) is 3. The van der Waals surface area contributed by atoms with Crippen molar-refractivity contribution in [2.45, 2.75) is 13.0 Å². The zero-order valence-electron chi connectivity index (χ0n) is 9.50. The van der Waals surface area contributed by atoms with Crippen molar-refractivity contribution in [1.82, 2.24) is 4.98 Å². The van der Waals surface area contributed by atoms with Crippen molar-refractivity contribution < 1.29 is 9.90 Å². The Morgan fingerprint density at radius 1 is 1.24 bits per heavy atom. The fourth-order valence-corrected chi connectivity index (χ4v) is 1.82. The Kier molecular flexibility index (Phi) is 3.30. The van der Waals surface area contributed by atoms with Gasteiger partial charge in [0, 0.05) is 11.8 Å². The zero-order valence-corrected chi connectivity index (χ0v) is 9.50. The highest BCUT2D eigenvalue weighted by atomic mass is 16.3. The van der Waals surface area contributed by atoms with Crippen LogP contribution in [0.25, 0.3) is 11.1 Å². The first-order valence-corrected chi connectivity index (χ1v) is 5.41. The van der Waals surface area contributed by atoms with E-state index in [-0.39, 0.29) is 0 Å². The number of aldehydes is 1. The van der Waals surface area contributed by atoms with Gasteiger partial charge in [-0.2, -0.15) is 0 Å². The molecule has 0 saturated heterocycles.